The molecule has 1 unspecified atom stereocenters. The predicted octanol–water partition coefficient (Wildman–Crippen LogP) is 3.13. The number of para-hydroxylation sites is 1. The highest BCUT2D eigenvalue weighted by Crippen LogP contribution is 2.38. The average Bonchev–Trinajstić information content (AvgIpc) is 3.30. The van der Waals surface area contributed by atoms with Gasteiger partial charge in [-0.3, -0.25) is 9.29 Å². The Bertz CT molecular complexity index is 1270. The van der Waals surface area contributed by atoms with Crippen LogP contribution in [0, 0.1) is 6.92 Å². The lowest BCUT2D eigenvalue weighted by Crippen LogP contribution is -2.32. The minimum Gasteiger partial charge on any atom is -0.494 e. The molecule has 1 aromatic carbocycles. The van der Waals surface area contributed by atoms with E-state index in [0.717, 1.165) is 31.4 Å². The van der Waals surface area contributed by atoms with Gasteiger partial charge in [0, 0.05) is 18.3 Å². The number of aromatic nitrogens is 5. The molecular formula is C24H33N7O4S. The summed E-state index contributed by atoms with van der Waals surface area (Å²) in [6.07, 6.45) is 6.30. The lowest BCUT2D eigenvalue weighted by molar-refractivity contribution is 0.379. The van der Waals surface area contributed by atoms with Crippen LogP contribution in [0.25, 0.3) is 5.69 Å². The molecule has 3 heterocycles. The van der Waals surface area contributed by atoms with Crippen LogP contribution in [-0.2, 0) is 10.0 Å². The molecule has 0 bridgehead atoms. The normalized spacial score (nSPS) is 17.9. The Morgan fingerprint density at radius 1 is 1.08 bits per heavy atom. The predicted molar refractivity (Wildman–Crippen MR) is 136 cm³/mol. The van der Waals surface area contributed by atoms with Gasteiger partial charge in [-0.25, -0.2) is 18.4 Å². The van der Waals surface area contributed by atoms with E-state index in [1.807, 2.05) is 6.92 Å². The Hall–Kier alpha value is -3.25. The fraction of sp³-hybridized carbons (Fsp3) is 0.500. The summed E-state index contributed by atoms with van der Waals surface area (Å²) in [4.78, 5) is 8.64. The summed E-state index contributed by atoms with van der Waals surface area (Å²) < 4.78 is 42.7. The number of nitrogens with zero attached hydrogens (tertiary/aromatic N) is 5. The first-order valence-electron chi connectivity index (χ1n) is 12.0. The molecule has 1 aliphatic rings. The largest absolute Gasteiger partial charge is 0.494 e. The first-order valence-corrected chi connectivity index (χ1v) is 13.5. The van der Waals surface area contributed by atoms with Crippen molar-refractivity contribution >= 4 is 16.0 Å². The number of aryl methyl sites for hydroxylation is 1. The molecule has 194 valence electrons. The van der Waals surface area contributed by atoms with Crippen LogP contribution in [0.3, 0.4) is 0 Å². The van der Waals surface area contributed by atoms with Crippen LogP contribution in [0.2, 0.25) is 0 Å². The SMILES string of the molecule is COc1cccc(OC)c1-n1c(NS(=O)(=O)[C@@H](C)[C@H](C)c2ncc(C)cn2)nnc1C1CCCCN1. The summed E-state index contributed by atoms with van der Waals surface area (Å²) in [5, 5.41) is 11.3. The Kier molecular flexibility index (Phi) is 7.74. The summed E-state index contributed by atoms with van der Waals surface area (Å²) in [6.45, 7) is 6.14. The number of sulfonamides is 1. The van der Waals surface area contributed by atoms with Crippen LogP contribution in [0.5, 0.6) is 11.5 Å². The van der Waals surface area contributed by atoms with Gasteiger partial charge in [0.05, 0.1) is 25.5 Å². The molecular weight excluding hydrogens is 482 g/mol. The van der Waals surface area contributed by atoms with Gasteiger partial charge in [0.15, 0.2) is 5.82 Å². The molecule has 0 saturated carbocycles. The number of ether oxygens (including phenoxy) is 2. The molecule has 3 atom stereocenters. The molecule has 0 spiro atoms. The van der Waals surface area contributed by atoms with E-state index in [2.05, 4.69) is 30.2 Å². The molecule has 36 heavy (non-hydrogen) atoms. The minimum absolute atomic E-state index is 0.0593. The second kappa shape index (κ2) is 10.8. The Balaban J connectivity index is 1.77. The minimum atomic E-state index is -3.91. The van der Waals surface area contributed by atoms with E-state index >= 15 is 0 Å². The van der Waals surface area contributed by atoms with Crippen molar-refractivity contribution in [3.05, 3.63) is 47.8 Å². The van der Waals surface area contributed by atoms with Crippen molar-refractivity contribution < 1.29 is 17.9 Å². The number of rotatable bonds is 9. The Morgan fingerprint density at radius 2 is 1.75 bits per heavy atom. The molecule has 2 aromatic heterocycles. The van der Waals surface area contributed by atoms with Crippen molar-refractivity contribution in [1.29, 1.82) is 0 Å². The summed E-state index contributed by atoms with van der Waals surface area (Å²) >= 11 is 0. The van der Waals surface area contributed by atoms with Gasteiger partial charge in [-0.15, -0.1) is 10.2 Å². The quantitative estimate of drug-likeness (QED) is 0.441. The second-order valence-electron chi connectivity index (χ2n) is 8.99. The maximum atomic E-state index is 13.5. The lowest BCUT2D eigenvalue weighted by Gasteiger charge is -2.25. The lowest BCUT2D eigenvalue weighted by atomic mass is 10.0. The summed E-state index contributed by atoms with van der Waals surface area (Å²) in [5.41, 5.74) is 1.43. The molecule has 2 N–H and O–H groups in total. The molecule has 1 aliphatic heterocycles. The van der Waals surface area contributed by atoms with E-state index in [9.17, 15) is 8.42 Å². The third-order valence-corrected chi connectivity index (χ3v) is 8.43. The van der Waals surface area contributed by atoms with Crippen LogP contribution in [0.1, 0.15) is 62.3 Å². The first kappa shape index (κ1) is 25.8. The molecule has 1 saturated heterocycles. The summed E-state index contributed by atoms with van der Waals surface area (Å²) in [7, 11) is -0.809. The number of nitrogens with one attached hydrogen (secondary N) is 2. The number of benzene rings is 1. The fourth-order valence-corrected chi connectivity index (χ4v) is 5.50. The number of anilines is 1. The Morgan fingerprint density at radius 3 is 2.33 bits per heavy atom. The van der Waals surface area contributed by atoms with Crippen LogP contribution in [0.4, 0.5) is 5.95 Å². The molecule has 3 aromatic rings. The third-order valence-electron chi connectivity index (χ3n) is 6.57. The van der Waals surface area contributed by atoms with Gasteiger partial charge in [-0.1, -0.05) is 19.4 Å². The van der Waals surface area contributed by atoms with E-state index in [-0.39, 0.29) is 12.0 Å². The topological polar surface area (TPSA) is 133 Å². The smallest absolute Gasteiger partial charge is 0.243 e. The first-order chi connectivity index (χ1) is 17.3. The highest BCUT2D eigenvalue weighted by molar-refractivity contribution is 7.93. The zero-order valence-electron chi connectivity index (χ0n) is 21.2. The van der Waals surface area contributed by atoms with Gasteiger partial charge in [-0.2, -0.15) is 0 Å². The number of hydrogen-bond donors (Lipinski definition) is 2. The summed E-state index contributed by atoms with van der Waals surface area (Å²) in [6, 6.07) is 5.27. The van der Waals surface area contributed by atoms with E-state index < -0.39 is 21.2 Å². The van der Waals surface area contributed by atoms with E-state index in [4.69, 9.17) is 9.47 Å². The fourth-order valence-electron chi connectivity index (χ4n) is 4.27. The molecule has 0 radical (unpaired) electrons. The monoisotopic (exact) mass is 515 g/mol. The van der Waals surface area contributed by atoms with Crippen LogP contribution < -0.4 is 19.5 Å². The van der Waals surface area contributed by atoms with Crippen molar-refractivity contribution in [2.45, 2.75) is 57.2 Å². The van der Waals surface area contributed by atoms with E-state index in [0.29, 0.717) is 28.8 Å². The van der Waals surface area contributed by atoms with Crippen molar-refractivity contribution in [1.82, 2.24) is 30.0 Å². The van der Waals surface area contributed by atoms with Crippen LogP contribution in [0.15, 0.2) is 30.6 Å². The molecule has 1 fully saturated rings. The van der Waals surface area contributed by atoms with Gasteiger partial charge >= 0.3 is 0 Å². The highest BCUT2D eigenvalue weighted by Gasteiger charge is 2.33. The van der Waals surface area contributed by atoms with Gasteiger partial charge in [0.25, 0.3) is 0 Å². The second-order valence-corrected chi connectivity index (χ2v) is 11.0. The standard InChI is InChI=1S/C24H33N7O4S/c1-15-13-26-22(27-14-15)16(2)17(3)36(32,33)30-24-29-28-23(18-9-6-7-12-25-18)31(24)21-19(34-4)10-8-11-20(21)35-5/h8,10-11,13-14,16-18,25H,6-7,9,12H2,1-5H3,(H,29,30)/t16-,17-,18?/m0/s1. The third kappa shape index (κ3) is 5.14. The molecule has 12 heteroatoms. The van der Waals surface area contributed by atoms with Gasteiger partial charge in [0.2, 0.25) is 16.0 Å². The summed E-state index contributed by atoms with van der Waals surface area (Å²) in [5.74, 6) is 1.64. The highest BCUT2D eigenvalue weighted by atomic mass is 32.2. The molecule has 0 amide bonds. The molecule has 11 nitrogen and oxygen atoms in total. The van der Waals surface area contributed by atoms with E-state index in [1.165, 1.54) is 0 Å². The maximum Gasteiger partial charge on any atom is 0.243 e. The van der Waals surface area contributed by atoms with E-state index in [1.54, 1.807) is 63.2 Å². The van der Waals surface area contributed by atoms with Gasteiger partial charge in [-0.05, 0) is 50.9 Å². The van der Waals surface area contributed by atoms with Crippen LogP contribution in [-0.4, -0.2) is 59.2 Å². The van der Waals surface area contributed by atoms with Crippen molar-refractivity contribution in [3.63, 3.8) is 0 Å². The maximum absolute atomic E-state index is 13.5. The van der Waals surface area contributed by atoms with Crippen molar-refractivity contribution in [2.75, 3.05) is 25.5 Å². The van der Waals surface area contributed by atoms with Crippen LogP contribution >= 0.6 is 0 Å². The molecule has 0 aliphatic carbocycles. The number of piperidine rings is 1. The zero-order valence-corrected chi connectivity index (χ0v) is 22.0. The van der Waals surface area contributed by atoms with Crippen molar-refractivity contribution in [2.24, 2.45) is 0 Å². The number of methoxy groups -OCH3 is 2. The van der Waals surface area contributed by atoms with Crippen molar-refractivity contribution in [3.8, 4) is 17.2 Å². The Labute approximate surface area is 211 Å². The van der Waals surface area contributed by atoms with Gasteiger partial charge in [0.1, 0.15) is 23.0 Å². The average molecular weight is 516 g/mol. The van der Waals surface area contributed by atoms with Gasteiger partial charge < -0.3 is 14.8 Å². The zero-order chi connectivity index (χ0) is 25.9. The number of hydrogen-bond acceptors (Lipinski definition) is 9. The molecule has 4 rings (SSSR count).